The molecule has 0 aliphatic rings. The maximum atomic E-state index is 2.59. The number of fused-ring (bicyclic) bond motifs is 4. The van der Waals surface area contributed by atoms with Gasteiger partial charge in [0.05, 0.1) is 0 Å². The Kier molecular flexibility index (Phi) is 8.14. The Hall–Kier alpha value is -3.64. The third-order valence-electron chi connectivity index (χ3n) is 8.80. The molecule has 0 heteroatoms. The highest BCUT2D eigenvalue weighted by molar-refractivity contribution is 6.23. The van der Waals surface area contributed by atoms with Gasteiger partial charge in [-0.05, 0) is 103 Å². The van der Waals surface area contributed by atoms with Gasteiger partial charge in [0, 0.05) is 0 Å². The number of hydrogen-bond donors (Lipinski definition) is 0. The van der Waals surface area contributed by atoms with Gasteiger partial charge in [0.15, 0.2) is 0 Å². The van der Waals surface area contributed by atoms with Crippen molar-refractivity contribution in [3.05, 3.63) is 108 Å². The van der Waals surface area contributed by atoms with Crippen LogP contribution >= 0.6 is 0 Å². The number of aryl methyl sites for hydroxylation is 2. The predicted octanol–water partition coefficient (Wildman–Crippen LogP) is 12.2. The van der Waals surface area contributed by atoms with Gasteiger partial charge in [-0.1, -0.05) is 137 Å². The topological polar surface area (TPSA) is 0 Å². The van der Waals surface area contributed by atoms with Crippen molar-refractivity contribution in [2.75, 3.05) is 0 Å². The van der Waals surface area contributed by atoms with Gasteiger partial charge >= 0.3 is 0 Å². The van der Waals surface area contributed by atoms with Gasteiger partial charge in [-0.3, -0.25) is 0 Å². The Bertz CT molecular complexity index is 1720. The van der Waals surface area contributed by atoms with Crippen LogP contribution in [0.25, 0.3) is 54.2 Å². The first-order chi connectivity index (χ1) is 19.8. The Balaban J connectivity index is 1.64. The molecule has 0 saturated carbocycles. The first-order valence-corrected chi connectivity index (χ1v) is 15.7. The molecule has 0 heterocycles. The quantitative estimate of drug-likeness (QED) is 0.117. The maximum Gasteiger partial charge on any atom is -0.00142 e. The molecule has 0 radical (unpaired) electrons. The second-order valence-electron chi connectivity index (χ2n) is 11.6. The van der Waals surface area contributed by atoms with Crippen molar-refractivity contribution in [1.29, 1.82) is 0 Å². The zero-order chi connectivity index (χ0) is 27.3. The van der Waals surface area contributed by atoms with Crippen LogP contribution in [-0.2, 0) is 12.8 Å². The highest BCUT2D eigenvalue weighted by Crippen LogP contribution is 2.44. The summed E-state index contributed by atoms with van der Waals surface area (Å²) in [7, 11) is 0. The van der Waals surface area contributed by atoms with E-state index in [9.17, 15) is 0 Å². The molecule has 0 amide bonds. The monoisotopic (exact) mass is 522 g/mol. The molecule has 0 atom stereocenters. The Morgan fingerprint density at radius 3 is 1.30 bits per heavy atom. The number of benzene rings is 6. The molecular weight excluding hydrogens is 480 g/mol. The van der Waals surface area contributed by atoms with Crippen LogP contribution in [0, 0.1) is 0 Å². The van der Waals surface area contributed by atoms with Crippen molar-refractivity contribution in [3.8, 4) is 11.1 Å². The highest BCUT2D eigenvalue weighted by Gasteiger charge is 2.18. The Morgan fingerprint density at radius 1 is 0.375 bits per heavy atom. The lowest BCUT2D eigenvalue weighted by Crippen LogP contribution is -1.98. The normalized spacial score (nSPS) is 11.8. The molecule has 0 aliphatic heterocycles. The molecule has 0 spiro atoms. The summed E-state index contributed by atoms with van der Waals surface area (Å²) >= 11 is 0. The molecule has 0 nitrogen and oxygen atoms in total. The summed E-state index contributed by atoms with van der Waals surface area (Å²) < 4.78 is 0. The summed E-state index contributed by atoms with van der Waals surface area (Å²) in [5.74, 6) is 0. The van der Waals surface area contributed by atoms with Crippen LogP contribution in [0.5, 0.6) is 0 Å². The van der Waals surface area contributed by atoms with Gasteiger partial charge < -0.3 is 0 Å². The number of rotatable bonds is 11. The zero-order valence-corrected chi connectivity index (χ0v) is 24.3. The lowest BCUT2D eigenvalue weighted by atomic mass is 9.84. The minimum Gasteiger partial charge on any atom is -0.0654 e. The number of hydrogen-bond acceptors (Lipinski definition) is 0. The molecule has 40 heavy (non-hydrogen) atoms. The minimum absolute atomic E-state index is 1.18. The fourth-order valence-electron chi connectivity index (χ4n) is 6.71. The van der Waals surface area contributed by atoms with E-state index >= 15 is 0 Å². The van der Waals surface area contributed by atoms with Crippen LogP contribution in [0.2, 0.25) is 0 Å². The molecule has 0 aromatic heterocycles. The van der Waals surface area contributed by atoms with Crippen molar-refractivity contribution < 1.29 is 0 Å². The molecule has 0 aliphatic carbocycles. The molecule has 6 aromatic rings. The fourth-order valence-corrected chi connectivity index (χ4v) is 6.71. The third-order valence-corrected chi connectivity index (χ3v) is 8.80. The van der Waals surface area contributed by atoms with Crippen LogP contribution in [0.3, 0.4) is 0 Å². The molecule has 6 aromatic carbocycles. The van der Waals surface area contributed by atoms with Gasteiger partial charge in [0.1, 0.15) is 0 Å². The van der Waals surface area contributed by atoms with E-state index in [2.05, 4.69) is 111 Å². The lowest BCUT2D eigenvalue weighted by molar-refractivity contribution is 0.651. The molecule has 0 fully saturated rings. The lowest BCUT2D eigenvalue weighted by Gasteiger charge is -2.19. The summed E-state index contributed by atoms with van der Waals surface area (Å²) in [4.78, 5) is 0. The van der Waals surface area contributed by atoms with Gasteiger partial charge in [-0.15, -0.1) is 0 Å². The van der Waals surface area contributed by atoms with E-state index in [4.69, 9.17) is 0 Å². The van der Waals surface area contributed by atoms with E-state index in [0.29, 0.717) is 0 Å². The van der Waals surface area contributed by atoms with Gasteiger partial charge in [-0.25, -0.2) is 0 Å². The third kappa shape index (κ3) is 5.25. The van der Waals surface area contributed by atoms with Crippen LogP contribution in [0.15, 0.2) is 97.1 Å². The fraction of sp³-hybridized carbons (Fsp3) is 0.300. The molecule has 0 saturated heterocycles. The first-order valence-electron chi connectivity index (χ1n) is 15.7. The summed E-state index contributed by atoms with van der Waals surface area (Å²) in [5, 5.41) is 10.8. The highest BCUT2D eigenvalue weighted by atomic mass is 14.2. The molecule has 6 rings (SSSR count). The van der Waals surface area contributed by atoms with Crippen LogP contribution < -0.4 is 0 Å². The molecule has 202 valence electrons. The average Bonchev–Trinajstić information content (AvgIpc) is 2.99. The van der Waals surface area contributed by atoms with E-state index in [1.807, 2.05) is 0 Å². The second-order valence-corrected chi connectivity index (χ2v) is 11.6. The van der Waals surface area contributed by atoms with Gasteiger partial charge in [0.2, 0.25) is 0 Å². The van der Waals surface area contributed by atoms with E-state index < -0.39 is 0 Å². The Morgan fingerprint density at radius 2 is 0.800 bits per heavy atom. The maximum absolute atomic E-state index is 2.59. The van der Waals surface area contributed by atoms with Gasteiger partial charge in [-0.2, -0.15) is 0 Å². The smallest absolute Gasteiger partial charge is 0.00142 e. The largest absolute Gasteiger partial charge is 0.0654 e. The van der Waals surface area contributed by atoms with Gasteiger partial charge in [0.25, 0.3) is 0 Å². The summed E-state index contributed by atoms with van der Waals surface area (Å²) in [6.45, 7) is 4.61. The molecule has 0 unspecified atom stereocenters. The summed E-state index contributed by atoms with van der Waals surface area (Å²) in [6, 6.07) is 36.9. The van der Waals surface area contributed by atoms with Crippen molar-refractivity contribution in [1.82, 2.24) is 0 Å². The van der Waals surface area contributed by atoms with Crippen molar-refractivity contribution >= 4 is 43.1 Å². The molecular formula is C40H42. The van der Waals surface area contributed by atoms with E-state index in [0.717, 1.165) is 0 Å². The van der Waals surface area contributed by atoms with E-state index in [1.54, 1.807) is 11.1 Å². The van der Waals surface area contributed by atoms with Crippen molar-refractivity contribution in [3.63, 3.8) is 0 Å². The first kappa shape index (κ1) is 26.6. The predicted molar refractivity (Wildman–Crippen MR) is 178 cm³/mol. The van der Waals surface area contributed by atoms with E-state index in [1.165, 1.54) is 118 Å². The van der Waals surface area contributed by atoms with Crippen molar-refractivity contribution in [2.45, 2.75) is 78.1 Å². The standard InChI is InChI=1S/C40H42/c1-3-5-7-9-17-29-25-34-27-33-21-13-16-24-37(33)40(38(34)28-30(29)18-10-8-6-4-2)39-35-22-14-11-19-31(35)26-32-20-12-15-23-36(32)39/h11-16,19-28H,3-10,17-18H2,1-2H3. The molecule has 0 bridgehead atoms. The van der Waals surface area contributed by atoms with Crippen LogP contribution in [0.1, 0.15) is 76.3 Å². The van der Waals surface area contributed by atoms with Crippen LogP contribution in [-0.4, -0.2) is 0 Å². The van der Waals surface area contributed by atoms with Crippen LogP contribution in [0.4, 0.5) is 0 Å². The zero-order valence-electron chi connectivity index (χ0n) is 24.3. The minimum atomic E-state index is 1.18. The SMILES string of the molecule is CCCCCCc1cc2cc3ccccc3c(-c3c4ccccc4cc4ccccc34)c2cc1CCCCCC. The summed E-state index contributed by atoms with van der Waals surface area (Å²) in [6.07, 6.45) is 12.8. The second kappa shape index (κ2) is 12.3. The average molecular weight is 523 g/mol. The molecule has 0 N–H and O–H groups in total. The van der Waals surface area contributed by atoms with E-state index in [-0.39, 0.29) is 0 Å². The number of unbranched alkanes of at least 4 members (excludes halogenated alkanes) is 6. The summed E-state index contributed by atoms with van der Waals surface area (Å²) in [5.41, 5.74) is 5.92. The van der Waals surface area contributed by atoms with Crippen molar-refractivity contribution in [2.24, 2.45) is 0 Å². The Labute approximate surface area is 240 Å².